The van der Waals surface area contributed by atoms with E-state index >= 15 is 0 Å². The van der Waals surface area contributed by atoms with Crippen LogP contribution in [0.3, 0.4) is 0 Å². The predicted molar refractivity (Wildman–Crippen MR) is 104 cm³/mol. The summed E-state index contributed by atoms with van der Waals surface area (Å²) in [4.78, 5) is 4.47. The third kappa shape index (κ3) is 2.79. The van der Waals surface area contributed by atoms with Gasteiger partial charge in [-0.15, -0.1) is 0 Å². The van der Waals surface area contributed by atoms with Crippen LogP contribution in [0.4, 0.5) is 0 Å². The summed E-state index contributed by atoms with van der Waals surface area (Å²) in [6.07, 6.45) is 4.76. The van der Waals surface area contributed by atoms with Crippen LogP contribution in [-0.4, -0.2) is 35.7 Å². The van der Waals surface area contributed by atoms with Gasteiger partial charge in [0, 0.05) is 23.2 Å². The monoisotopic (exact) mass is 384 g/mol. The lowest BCUT2D eigenvalue weighted by atomic mass is 9.78. The van der Waals surface area contributed by atoms with E-state index in [1.807, 2.05) is 27.7 Å². The fourth-order valence-electron chi connectivity index (χ4n) is 3.13. The lowest BCUT2D eigenvalue weighted by Gasteiger charge is -2.32. The van der Waals surface area contributed by atoms with Crippen LogP contribution < -0.4 is 5.46 Å². The third-order valence-electron chi connectivity index (χ3n) is 5.42. The molecule has 0 saturated carbocycles. The SMILES string of the molecule is CC1(C)OB(c2cncc3c2ccn3S(=O)(=O)c2ccccc2)OC1(C)C. The van der Waals surface area contributed by atoms with Crippen LogP contribution in [-0.2, 0) is 19.3 Å². The number of benzene rings is 1. The Morgan fingerprint density at radius 1 is 0.963 bits per heavy atom. The van der Waals surface area contributed by atoms with Crippen LogP contribution in [0.2, 0.25) is 0 Å². The molecule has 3 heterocycles. The first-order valence-electron chi connectivity index (χ1n) is 8.75. The van der Waals surface area contributed by atoms with Gasteiger partial charge >= 0.3 is 7.12 Å². The van der Waals surface area contributed by atoms with Gasteiger partial charge in [-0.1, -0.05) is 18.2 Å². The Bertz CT molecular complexity index is 1090. The molecule has 1 aliphatic rings. The summed E-state index contributed by atoms with van der Waals surface area (Å²) in [7, 11) is -4.32. The normalized spacial score (nSPS) is 18.9. The number of hydrogen-bond acceptors (Lipinski definition) is 5. The third-order valence-corrected chi connectivity index (χ3v) is 7.12. The molecule has 0 N–H and O–H groups in total. The maximum Gasteiger partial charge on any atom is 0.497 e. The molecule has 1 aliphatic heterocycles. The molecule has 140 valence electrons. The second-order valence-corrected chi connectivity index (χ2v) is 9.49. The van der Waals surface area contributed by atoms with Gasteiger partial charge in [-0.05, 0) is 45.9 Å². The molecule has 0 amide bonds. The Labute approximate surface area is 159 Å². The molecular formula is C19H21BN2O4S. The Morgan fingerprint density at radius 3 is 2.22 bits per heavy atom. The van der Waals surface area contributed by atoms with E-state index in [4.69, 9.17) is 9.31 Å². The molecular weight excluding hydrogens is 363 g/mol. The summed E-state index contributed by atoms with van der Waals surface area (Å²) < 4.78 is 39.5. The molecule has 0 bridgehead atoms. The van der Waals surface area contributed by atoms with Crippen LogP contribution in [0, 0.1) is 0 Å². The molecule has 1 saturated heterocycles. The second-order valence-electron chi connectivity index (χ2n) is 7.68. The van der Waals surface area contributed by atoms with E-state index in [1.54, 1.807) is 55.0 Å². The molecule has 0 aliphatic carbocycles. The summed E-state index contributed by atoms with van der Waals surface area (Å²) in [5, 5.41) is 0.739. The smallest absolute Gasteiger partial charge is 0.399 e. The molecule has 1 fully saturated rings. The fourth-order valence-corrected chi connectivity index (χ4v) is 4.48. The van der Waals surface area contributed by atoms with Crippen molar-refractivity contribution in [2.45, 2.75) is 43.8 Å². The number of nitrogens with zero attached hydrogens (tertiary/aromatic N) is 2. The van der Waals surface area contributed by atoms with Crippen molar-refractivity contribution in [3.8, 4) is 0 Å². The Hall–Kier alpha value is -2.16. The highest BCUT2D eigenvalue weighted by Gasteiger charge is 2.52. The van der Waals surface area contributed by atoms with Gasteiger partial charge in [0.2, 0.25) is 0 Å². The van der Waals surface area contributed by atoms with Crippen molar-refractivity contribution in [2.75, 3.05) is 0 Å². The highest BCUT2D eigenvalue weighted by molar-refractivity contribution is 7.90. The van der Waals surface area contributed by atoms with Gasteiger partial charge < -0.3 is 9.31 Å². The van der Waals surface area contributed by atoms with E-state index in [1.165, 1.54) is 3.97 Å². The minimum Gasteiger partial charge on any atom is -0.399 e. The average molecular weight is 384 g/mol. The van der Waals surface area contributed by atoms with E-state index in [9.17, 15) is 8.42 Å². The number of pyridine rings is 1. The average Bonchev–Trinajstić information content (AvgIpc) is 3.14. The maximum atomic E-state index is 13.0. The molecule has 0 radical (unpaired) electrons. The maximum absolute atomic E-state index is 13.0. The molecule has 27 heavy (non-hydrogen) atoms. The van der Waals surface area contributed by atoms with Gasteiger partial charge in [-0.2, -0.15) is 0 Å². The summed E-state index contributed by atoms with van der Waals surface area (Å²) >= 11 is 0. The zero-order valence-electron chi connectivity index (χ0n) is 15.7. The van der Waals surface area contributed by atoms with E-state index in [2.05, 4.69) is 4.98 Å². The molecule has 0 spiro atoms. The first-order valence-corrected chi connectivity index (χ1v) is 10.2. The standard InChI is InChI=1S/C19H21BN2O4S/c1-18(2)19(3,4)26-20(25-18)16-12-21-13-17-15(16)10-11-22(17)27(23,24)14-8-6-5-7-9-14/h5-13H,1-4H3. The number of aromatic nitrogens is 2. The molecule has 2 aromatic heterocycles. The molecule has 8 heteroatoms. The minimum absolute atomic E-state index is 0.225. The van der Waals surface area contributed by atoms with Gasteiger partial charge in [-0.25, -0.2) is 12.4 Å². The fraction of sp³-hybridized carbons (Fsp3) is 0.316. The van der Waals surface area contributed by atoms with Crippen molar-refractivity contribution in [2.24, 2.45) is 0 Å². The van der Waals surface area contributed by atoms with Crippen LogP contribution in [0.25, 0.3) is 10.9 Å². The molecule has 6 nitrogen and oxygen atoms in total. The summed E-state index contributed by atoms with van der Waals surface area (Å²) in [5.74, 6) is 0. The Kier molecular flexibility index (Phi) is 4.00. The van der Waals surface area contributed by atoms with Crippen LogP contribution in [0.1, 0.15) is 27.7 Å². The molecule has 1 aromatic carbocycles. The van der Waals surface area contributed by atoms with E-state index in [0.717, 1.165) is 5.39 Å². The van der Waals surface area contributed by atoms with Crippen molar-refractivity contribution >= 4 is 33.5 Å². The largest absolute Gasteiger partial charge is 0.497 e. The van der Waals surface area contributed by atoms with Crippen molar-refractivity contribution in [1.82, 2.24) is 8.96 Å². The molecule has 4 rings (SSSR count). The summed E-state index contributed by atoms with van der Waals surface area (Å²) in [5.41, 5.74) is 0.232. The van der Waals surface area contributed by atoms with E-state index in [-0.39, 0.29) is 4.90 Å². The minimum atomic E-state index is -3.71. The van der Waals surface area contributed by atoms with Crippen molar-refractivity contribution in [3.63, 3.8) is 0 Å². The van der Waals surface area contributed by atoms with Gasteiger partial charge in [0.05, 0.1) is 27.8 Å². The lowest BCUT2D eigenvalue weighted by molar-refractivity contribution is 0.00578. The number of rotatable bonds is 3. The summed E-state index contributed by atoms with van der Waals surface area (Å²) in [6.45, 7) is 7.91. The molecule has 3 aromatic rings. The second kappa shape index (κ2) is 5.92. The van der Waals surface area contributed by atoms with Gasteiger partial charge in [0.15, 0.2) is 0 Å². The summed E-state index contributed by atoms with van der Waals surface area (Å²) in [6, 6.07) is 10.1. The number of hydrogen-bond donors (Lipinski definition) is 0. The molecule has 0 atom stereocenters. The molecule has 0 unspecified atom stereocenters. The lowest BCUT2D eigenvalue weighted by Crippen LogP contribution is -2.41. The Morgan fingerprint density at radius 2 is 1.59 bits per heavy atom. The zero-order valence-corrected chi connectivity index (χ0v) is 16.5. The zero-order chi connectivity index (χ0) is 19.4. The highest BCUT2D eigenvalue weighted by Crippen LogP contribution is 2.37. The Balaban J connectivity index is 1.82. The highest BCUT2D eigenvalue weighted by atomic mass is 32.2. The first kappa shape index (κ1) is 18.2. The van der Waals surface area contributed by atoms with Gasteiger partial charge in [-0.3, -0.25) is 4.98 Å². The van der Waals surface area contributed by atoms with Crippen LogP contribution >= 0.6 is 0 Å². The van der Waals surface area contributed by atoms with E-state index in [0.29, 0.717) is 11.0 Å². The van der Waals surface area contributed by atoms with Crippen molar-refractivity contribution in [3.05, 3.63) is 55.0 Å². The van der Waals surface area contributed by atoms with Crippen molar-refractivity contribution in [1.29, 1.82) is 0 Å². The van der Waals surface area contributed by atoms with E-state index < -0.39 is 28.3 Å². The topological polar surface area (TPSA) is 70.4 Å². The first-order chi connectivity index (χ1) is 12.6. The number of fused-ring (bicyclic) bond motifs is 1. The van der Waals surface area contributed by atoms with Gasteiger partial charge in [0.25, 0.3) is 10.0 Å². The van der Waals surface area contributed by atoms with Crippen LogP contribution in [0.5, 0.6) is 0 Å². The van der Waals surface area contributed by atoms with Crippen LogP contribution in [0.15, 0.2) is 59.9 Å². The van der Waals surface area contributed by atoms with Crippen molar-refractivity contribution < 1.29 is 17.7 Å². The predicted octanol–water partition coefficient (Wildman–Crippen LogP) is 2.57. The quantitative estimate of drug-likeness (QED) is 0.650. The van der Waals surface area contributed by atoms with Gasteiger partial charge in [0.1, 0.15) is 0 Å².